The van der Waals surface area contributed by atoms with Crippen LogP contribution in [-0.2, 0) is 27.4 Å². The molecule has 0 spiro atoms. The normalized spacial score (nSPS) is 15.8. The van der Waals surface area contributed by atoms with Crippen LogP contribution in [0.15, 0.2) is 60.7 Å². The van der Waals surface area contributed by atoms with Crippen molar-refractivity contribution in [1.82, 2.24) is 0 Å². The first-order valence-corrected chi connectivity index (χ1v) is 7.24. The van der Waals surface area contributed by atoms with Crippen molar-refractivity contribution in [3.05, 3.63) is 71.8 Å². The molecule has 0 saturated carbocycles. The average Bonchev–Trinajstić information content (AvgIpc) is 3.30. The van der Waals surface area contributed by atoms with E-state index in [0.717, 1.165) is 6.61 Å². The molecule has 0 N–H and O–H groups in total. The van der Waals surface area contributed by atoms with Gasteiger partial charge in [-0.25, -0.2) is 0 Å². The van der Waals surface area contributed by atoms with E-state index >= 15 is 0 Å². The lowest BCUT2D eigenvalue weighted by atomic mass is 10.2. The zero-order valence-corrected chi connectivity index (χ0v) is 12.0. The summed E-state index contributed by atoms with van der Waals surface area (Å²) >= 11 is 0. The van der Waals surface area contributed by atoms with Crippen LogP contribution in [0.5, 0.6) is 0 Å². The number of hydrogen-bond donors (Lipinski definition) is 0. The van der Waals surface area contributed by atoms with Crippen molar-refractivity contribution in [2.24, 2.45) is 0 Å². The Labute approximate surface area is 125 Å². The lowest BCUT2D eigenvalue weighted by molar-refractivity contribution is 0.00822. The van der Waals surface area contributed by atoms with E-state index < -0.39 is 0 Å². The van der Waals surface area contributed by atoms with Crippen LogP contribution in [0.3, 0.4) is 0 Å². The molecule has 1 saturated heterocycles. The molecule has 3 nitrogen and oxygen atoms in total. The van der Waals surface area contributed by atoms with Crippen molar-refractivity contribution < 1.29 is 14.2 Å². The molecule has 0 bridgehead atoms. The molecule has 0 radical (unpaired) electrons. The molecule has 2 aromatic carbocycles. The second kappa shape index (κ2) is 6.85. The van der Waals surface area contributed by atoms with Crippen LogP contribution >= 0.6 is 0 Å². The number of rotatable bonds is 8. The summed E-state index contributed by atoms with van der Waals surface area (Å²) in [4.78, 5) is 0. The quantitative estimate of drug-likeness (QED) is 0.698. The first-order chi connectivity index (χ1) is 10.4. The molecule has 3 rings (SSSR count). The van der Waals surface area contributed by atoms with Gasteiger partial charge in [-0.3, -0.25) is 0 Å². The van der Waals surface area contributed by atoms with Gasteiger partial charge in [0.15, 0.2) is 0 Å². The zero-order chi connectivity index (χ0) is 14.4. The van der Waals surface area contributed by atoms with Crippen molar-refractivity contribution >= 4 is 0 Å². The fourth-order valence-electron chi connectivity index (χ4n) is 2.17. The third-order valence-electron chi connectivity index (χ3n) is 3.51. The monoisotopic (exact) mass is 284 g/mol. The average molecular weight is 284 g/mol. The standard InChI is InChI=1S/C18H20O3/c1-3-7-16(8-4-1)11-19-13-18(15-21-18)14-20-12-17-9-5-2-6-10-17/h1-10H,11-15H2. The minimum absolute atomic E-state index is 0.233. The Morgan fingerprint density at radius 2 is 1.19 bits per heavy atom. The van der Waals surface area contributed by atoms with Gasteiger partial charge in [0.1, 0.15) is 5.60 Å². The molecule has 2 aromatic rings. The van der Waals surface area contributed by atoms with Crippen molar-refractivity contribution in [2.45, 2.75) is 18.8 Å². The van der Waals surface area contributed by atoms with Crippen LogP contribution < -0.4 is 0 Å². The maximum Gasteiger partial charge on any atom is 0.138 e. The summed E-state index contributed by atoms with van der Waals surface area (Å²) in [7, 11) is 0. The van der Waals surface area contributed by atoms with E-state index in [2.05, 4.69) is 24.3 Å². The molecule has 0 atom stereocenters. The molecule has 3 heteroatoms. The van der Waals surface area contributed by atoms with Crippen molar-refractivity contribution in [2.75, 3.05) is 19.8 Å². The lowest BCUT2D eigenvalue weighted by Gasteiger charge is -2.13. The zero-order valence-electron chi connectivity index (χ0n) is 12.0. The van der Waals surface area contributed by atoms with Gasteiger partial charge in [-0.1, -0.05) is 60.7 Å². The van der Waals surface area contributed by atoms with E-state index in [1.807, 2.05) is 36.4 Å². The molecular weight excluding hydrogens is 264 g/mol. The highest BCUT2D eigenvalue weighted by molar-refractivity contribution is 5.14. The summed E-state index contributed by atoms with van der Waals surface area (Å²) in [5.41, 5.74) is 2.13. The molecule has 110 valence electrons. The minimum Gasteiger partial charge on any atom is -0.374 e. The van der Waals surface area contributed by atoms with Crippen LogP contribution in [-0.4, -0.2) is 25.4 Å². The summed E-state index contributed by atoms with van der Waals surface area (Å²) in [6, 6.07) is 20.3. The number of hydrogen-bond acceptors (Lipinski definition) is 3. The van der Waals surface area contributed by atoms with Gasteiger partial charge in [0.2, 0.25) is 0 Å². The van der Waals surface area contributed by atoms with E-state index in [1.54, 1.807) is 0 Å². The maximum absolute atomic E-state index is 5.74. The van der Waals surface area contributed by atoms with Gasteiger partial charge in [-0.2, -0.15) is 0 Å². The third-order valence-corrected chi connectivity index (χ3v) is 3.51. The molecule has 0 unspecified atom stereocenters. The fraction of sp³-hybridized carbons (Fsp3) is 0.333. The number of ether oxygens (including phenoxy) is 3. The van der Waals surface area contributed by atoms with E-state index in [0.29, 0.717) is 26.4 Å². The van der Waals surface area contributed by atoms with E-state index in [-0.39, 0.29) is 5.60 Å². The van der Waals surface area contributed by atoms with Gasteiger partial charge >= 0.3 is 0 Å². The molecule has 1 fully saturated rings. The lowest BCUT2D eigenvalue weighted by Crippen LogP contribution is -2.26. The Morgan fingerprint density at radius 1 is 0.762 bits per heavy atom. The molecule has 0 amide bonds. The van der Waals surface area contributed by atoms with Gasteiger partial charge in [0.05, 0.1) is 33.0 Å². The van der Waals surface area contributed by atoms with Crippen LogP contribution in [0, 0.1) is 0 Å². The van der Waals surface area contributed by atoms with Gasteiger partial charge in [0, 0.05) is 0 Å². The summed E-state index contributed by atoms with van der Waals surface area (Å²) in [5.74, 6) is 0. The molecule has 21 heavy (non-hydrogen) atoms. The van der Waals surface area contributed by atoms with Crippen LogP contribution in [0.1, 0.15) is 11.1 Å². The Bertz CT molecular complexity index is 487. The second-order valence-corrected chi connectivity index (χ2v) is 5.43. The van der Waals surface area contributed by atoms with E-state index in [1.165, 1.54) is 11.1 Å². The highest BCUT2D eigenvalue weighted by Crippen LogP contribution is 2.28. The van der Waals surface area contributed by atoms with Crippen molar-refractivity contribution in [3.63, 3.8) is 0 Å². The smallest absolute Gasteiger partial charge is 0.138 e. The first kappa shape index (κ1) is 14.3. The predicted octanol–water partition coefficient (Wildman–Crippen LogP) is 3.19. The minimum atomic E-state index is -0.233. The van der Waals surface area contributed by atoms with Gasteiger partial charge < -0.3 is 14.2 Å². The largest absolute Gasteiger partial charge is 0.374 e. The Kier molecular flexibility index (Phi) is 4.65. The van der Waals surface area contributed by atoms with Crippen molar-refractivity contribution in [1.29, 1.82) is 0 Å². The first-order valence-electron chi connectivity index (χ1n) is 7.24. The van der Waals surface area contributed by atoms with E-state index in [9.17, 15) is 0 Å². The van der Waals surface area contributed by atoms with Gasteiger partial charge in [0.25, 0.3) is 0 Å². The summed E-state index contributed by atoms with van der Waals surface area (Å²) in [6.45, 7) is 3.11. The fourth-order valence-corrected chi connectivity index (χ4v) is 2.17. The Hall–Kier alpha value is -1.68. The van der Waals surface area contributed by atoms with Crippen molar-refractivity contribution in [3.8, 4) is 0 Å². The van der Waals surface area contributed by atoms with Gasteiger partial charge in [-0.05, 0) is 11.1 Å². The maximum atomic E-state index is 5.74. The van der Waals surface area contributed by atoms with E-state index in [4.69, 9.17) is 14.2 Å². The predicted molar refractivity (Wildman–Crippen MR) is 80.9 cm³/mol. The topological polar surface area (TPSA) is 31.0 Å². The van der Waals surface area contributed by atoms with Crippen LogP contribution in [0.25, 0.3) is 0 Å². The summed E-state index contributed by atoms with van der Waals surface area (Å²) < 4.78 is 17.0. The van der Waals surface area contributed by atoms with Gasteiger partial charge in [-0.15, -0.1) is 0 Å². The molecule has 1 aliphatic heterocycles. The highest BCUT2D eigenvalue weighted by atomic mass is 16.6. The van der Waals surface area contributed by atoms with Crippen LogP contribution in [0.2, 0.25) is 0 Å². The molecular formula is C18H20O3. The molecule has 1 heterocycles. The number of benzene rings is 2. The Balaban J connectivity index is 1.37. The molecule has 0 aliphatic carbocycles. The summed E-state index contributed by atoms with van der Waals surface area (Å²) in [6.07, 6.45) is 0. The molecule has 0 aromatic heterocycles. The van der Waals surface area contributed by atoms with Crippen LogP contribution in [0.4, 0.5) is 0 Å². The third kappa shape index (κ3) is 4.39. The Morgan fingerprint density at radius 3 is 1.57 bits per heavy atom. The summed E-state index contributed by atoms with van der Waals surface area (Å²) in [5, 5.41) is 0. The second-order valence-electron chi connectivity index (χ2n) is 5.43. The number of epoxide rings is 1. The SMILES string of the molecule is c1ccc(COCC2(COCc3ccccc3)CO2)cc1. The highest BCUT2D eigenvalue weighted by Gasteiger charge is 2.45. The molecule has 1 aliphatic rings.